The molecule has 0 spiro atoms. The molecule has 0 atom stereocenters. The van der Waals surface area contributed by atoms with E-state index >= 15 is 0 Å². The molecule has 0 radical (unpaired) electrons. The van der Waals surface area contributed by atoms with Crippen LogP contribution in [-0.4, -0.2) is 11.5 Å². The van der Waals surface area contributed by atoms with Crippen LogP contribution in [0, 0.1) is 0 Å². The molecule has 24 heavy (non-hydrogen) atoms. The van der Waals surface area contributed by atoms with E-state index in [9.17, 15) is 4.79 Å². The van der Waals surface area contributed by atoms with Crippen molar-refractivity contribution < 1.29 is 4.79 Å². The highest BCUT2D eigenvalue weighted by Crippen LogP contribution is 2.19. The van der Waals surface area contributed by atoms with E-state index in [4.69, 9.17) is 23.2 Å². The Hall–Kier alpha value is -2.42. The molecule has 0 amide bonds. The number of hydrogen-bond acceptors (Lipinski definition) is 2. The summed E-state index contributed by atoms with van der Waals surface area (Å²) in [6.45, 7) is 0. The molecule has 0 aliphatic heterocycles. The smallest absolute Gasteiger partial charge is 0.212 e. The summed E-state index contributed by atoms with van der Waals surface area (Å²) in [5.74, 6) is -0.191. The topological polar surface area (TPSA) is 29.4 Å². The van der Waals surface area contributed by atoms with E-state index in [1.54, 1.807) is 48.5 Å². The number of carbonyl (C=O) groups is 1. The van der Waals surface area contributed by atoms with Crippen molar-refractivity contribution in [2.45, 2.75) is 0 Å². The summed E-state index contributed by atoms with van der Waals surface area (Å²) in [5, 5.41) is 1.11. The van der Waals surface area contributed by atoms with E-state index in [1.807, 2.05) is 30.3 Å². The van der Waals surface area contributed by atoms with Gasteiger partial charge in [0, 0.05) is 21.2 Å². The highest BCUT2D eigenvalue weighted by molar-refractivity contribution is 6.52. The van der Waals surface area contributed by atoms with Crippen LogP contribution < -0.4 is 0 Å². The standard InChI is InChI=1S/C20H13Cl2NO/c21-16-11-9-14(10-12-16)19(23-18-7-2-1-3-8-18)20(24)15-5-4-6-17(22)13-15/h1-13H. The van der Waals surface area contributed by atoms with Crippen LogP contribution in [-0.2, 0) is 0 Å². The van der Waals surface area contributed by atoms with E-state index in [0.717, 1.165) is 0 Å². The summed E-state index contributed by atoms with van der Waals surface area (Å²) in [5.41, 5.74) is 2.25. The molecule has 0 saturated heterocycles. The van der Waals surface area contributed by atoms with Crippen molar-refractivity contribution in [3.63, 3.8) is 0 Å². The van der Waals surface area contributed by atoms with E-state index in [0.29, 0.717) is 32.6 Å². The van der Waals surface area contributed by atoms with Crippen LogP contribution in [0.4, 0.5) is 5.69 Å². The van der Waals surface area contributed by atoms with E-state index in [1.165, 1.54) is 0 Å². The van der Waals surface area contributed by atoms with Crippen molar-refractivity contribution in [1.82, 2.24) is 0 Å². The summed E-state index contributed by atoms with van der Waals surface area (Å²) < 4.78 is 0. The largest absolute Gasteiger partial charge is 0.287 e. The van der Waals surface area contributed by atoms with E-state index < -0.39 is 0 Å². The lowest BCUT2D eigenvalue weighted by molar-refractivity contribution is 0.106. The summed E-state index contributed by atoms with van der Waals surface area (Å²) in [7, 11) is 0. The highest BCUT2D eigenvalue weighted by atomic mass is 35.5. The first kappa shape index (κ1) is 16.4. The number of nitrogens with zero attached hydrogens (tertiary/aromatic N) is 1. The fraction of sp³-hybridized carbons (Fsp3) is 0. The monoisotopic (exact) mass is 353 g/mol. The molecule has 0 N–H and O–H groups in total. The molecule has 0 aliphatic carbocycles. The maximum Gasteiger partial charge on any atom is 0.212 e. The molecular weight excluding hydrogens is 341 g/mol. The molecule has 2 nitrogen and oxygen atoms in total. The normalized spacial score (nSPS) is 11.3. The number of ketones is 1. The SMILES string of the molecule is O=C(C(=Nc1ccccc1)c1ccc(Cl)cc1)c1cccc(Cl)c1. The summed E-state index contributed by atoms with van der Waals surface area (Å²) in [6.07, 6.45) is 0. The molecule has 0 heterocycles. The lowest BCUT2D eigenvalue weighted by Crippen LogP contribution is -2.15. The van der Waals surface area contributed by atoms with Gasteiger partial charge in [0.05, 0.1) is 5.69 Å². The number of carbonyl (C=O) groups excluding carboxylic acids is 1. The minimum absolute atomic E-state index is 0.191. The number of rotatable bonds is 4. The Balaban J connectivity index is 2.10. The van der Waals surface area contributed by atoms with Crippen LogP contribution in [0.1, 0.15) is 15.9 Å². The predicted molar refractivity (Wildman–Crippen MR) is 99.9 cm³/mol. The molecule has 0 aliphatic rings. The minimum atomic E-state index is -0.191. The van der Waals surface area contributed by atoms with Gasteiger partial charge in [-0.2, -0.15) is 0 Å². The molecule has 0 fully saturated rings. The third kappa shape index (κ3) is 3.91. The number of para-hydroxylation sites is 1. The Morgan fingerprint density at radius 2 is 1.42 bits per heavy atom. The Morgan fingerprint density at radius 3 is 2.08 bits per heavy atom. The van der Waals surface area contributed by atoms with Gasteiger partial charge in [0.1, 0.15) is 5.71 Å². The third-order valence-corrected chi connectivity index (χ3v) is 3.90. The average molecular weight is 354 g/mol. The summed E-state index contributed by atoms with van der Waals surface area (Å²) >= 11 is 12.0. The van der Waals surface area contributed by atoms with Gasteiger partial charge < -0.3 is 0 Å². The maximum absolute atomic E-state index is 13.0. The Kier molecular flexibility index (Phi) is 5.09. The lowest BCUT2D eigenvalue weighted by Gasteiger charge is -2.07. The number of benzene rings is 3. The van der Waals surface area contributed by atoms with Gasteiger partial charge >= 0.3 is 0 Å². The second kappa shape index (κ2) is 7.43. The molecule has 0 aromatic heterocycles. The summed E-state index contributed by atoms with van der Waals surface area (Å²) in [4.78, 5) is 17.5. The van der Waals surface area contributed by atoms with Gasteiger partial charge in [-0.15, -0.1) is 0 Å². The first-order valence-corrected chi connectivity index (χ1v) is 8.09. The molecule has 118 valence electrons. The van der Waals surface area contributed by atoms with Crippen LogP contribution in [0.3, 0.4) is 0 Å². The Labute approximate surface area is 150 Å². The molecule has 4 heteroatoms. The second-order valence-corrected chi connectivity index (χ2v) is 6.02. The Morgan fingerprint density at radius 1 is 0.708 bits per heavy atom. The minimum Gasteiger partial charge on any atom is -0.287 e. The maximum atomic E-state index is 13.0. The van der Waals surface area contributed by atoms with Crippen molar-refractivity contribution in [1.29, 1.82) is 0 Å². The quantitative estimate of drug-likeness (QED) is 0.417. The van der Waals surface area contributed by atoms with Gasteiger partial charge in [-0.05, 0) is 36.4 Å². The highest BCUT2D eigenvalue weighted by Gasteiger charge is 2.17. The van der Waals surface area contributed by atoms with Gasteiger partial charge in [0.2, 0.25) is 5.78 Å². The zero-order chi connectivity index (χ0) is 16.9. The van der Waals surface area contributed by atoms with Crippen molar-refractivity contribution in [3.05, 3.63) is 100 Å². The number of aliphatic imine (C=N–C) groups is 1. The fourth-order valence-electron chi connectivity index (χ4n) is 2.25. The van der Waals surface area contributed by atoms with Crippen LogP contribution in [0.5, 0.6) is 0 Å². The molecular formula is C20H13Cl2NO. The van der Waals surface area contributed by atoms with Crippen molar-refractivity contribution in [3.8, 4) is 0 Å². The number of Topliss-reactive ketones (excluding diaryl/α,β-unsaturated/α-hetero) is 1. The van der Waals surface area contributed by atoms with E-state index in [2.05, 4.69) is 4.99 Å². The molecule has 0 unspecified atom stereocenters. The average Bonchev–Trinajstić information content (AvgIpc) is 2.61. The van der Waals surface area contributed by atoms with Gasteiger partial charge in [-0.3, -0.25) is 4.79 Å². The third-order valence-electron chi connectivity index (χ3n) is 3.42. The molecule has 0 saturated carbocycles. The number of hydrogen-bond donors (Lipinski definition) is 0. The van der Waals surface area contributed by atoms with Crippen LogP contribution >= 0.6 is 23.2 Å². The van der Waals surface area contributed by atoms with Crippen LogP contribution in [0.25, 0.3) is 0 Å². The molecule has 0 bridgehead atoms. The summed E-state index contributed by atoms with van der Waals surface area (Å²) in [6, 6.07) is 23.2. The van der Waals surface area contributed by atoms with Gasteiger partial charge in [0.15, 0.2) is 0 Å². The van der Waals surface area contributed by atoms with Crippen molar-refractivity contribution in [2.75, 3.05) is 0 Å². The van der Waals surface area contributed by atoms with Crippen LogP contribution in [0.2, 0.25) is 10.0 Å². The van der Waals surface area contributed by atoms with Gasteiger partial charge in [0.25, 0.3) is 0 Å². The molecule has 3 aromatic rings. The lowest BCUT2D eigenvalue weighted by atomic mass is 10.0. The zero-order valence-corrected chi connectivity index (χ0v) is 14.1. The van der Waals surface area contributed by atoms with Gasteiger partial charge in [-0.1, -0.05) is 65.7 Å². The molecule has 3 rings (SSSR count). The second-order valence-electron chi connectivity index (χ2n) is 5.14. The zero-order valence-electron chi connectivity index (χ0n) is 12.6. The number of halogens is 2. The van der Waals surface area contributed by atoms with Crippen molar-refractivity contribution >= 4 is 40.4 Å². The fourth-order valence-corrected chi connectivity index (χ4v) is 2.57. The van der Waals surface area contributed by atoms with Crippen molar-refractivity contribution in [2.24, 2.45) is 4.99 Å². The first-order chi connectivity index (χ1) is 11.6. The van der Waals surface area contributed by atoms with Crippen LogP contribution in [0.15, 0.2) is 83.9 Å². The van der Waals surface area contributed by atoms with E-state index in [-0.39, 0.29) is 5.78 Å². The first-order valence-electron chi connectivity index (χ1n) is 7.33. The Bertz CT molecular complexity index is 887. The predicted octanol–water partition coefficient (Wildman–Crippen LogP) is 6.00. The molecule has 3 aromatic carbocycles. The van der Waals surface area contributed by atoms with Gasteiger partial charge in [-0.25, -0.2) is 4.99 Å².